The molecule has 1 unspecified atom stereocenters. The van der Waals surface area contributed by atoms with Crippen molar-refractivity contribution in [3.63, 3.8) is 0 Å². The van der Waals surface area contributed by atoms with E-state index < -0.39 is 0 Å². The first-order chi connectivity index (χ1) is 10.1. The molecule has 3 aromatic rings. The van der Waals surface area contributed by atoms with Gasteiger partial charge in [0, 0.05) is 4.88 Å². The van der Waals surface area contributed by atoms with Crippen LogP contribution in [0.15, 0.2) is 46.3 Å². The molecule has 0 radical (unpaired) electrons. The van der Waals surface area contributed by atoms with Crippen LogP contribution in [-0.4, -0.2) is 7.11 Å². The fourth-order valence-electron chi connectivity index (χ4n) is 2.30. The summed E-state index contributed by atoms with van der Waals surface area (Å²) in [6.45, 7) is 2.12. The first-order valence-corrected chi connectivity index (χ1v) is 9.08. The van der Waals surface area contributed by atoms with Gasteiger partial charge in [-0.1, -0.05) is 34.1 Å². The zero-order valence-corrected chi connectivity index (χ0v) is 15.7. The van der Waals surface area contributed by atoms with Gasteiger partial charge < -0.3 is 4.74 Å². The molecule has 2 aromatic carbocycles. The van der Waals surface area contributed by atoms with Crippen LogP contribution >= 0.6 is 43.2 Å². The van der Waals surface area contributed by atoms with Crippen LogP contribution in [0.3, 0.4) is 0 Å². The molecule has 0 amide bonds. The van der Waals surface area contributed by atoms with Crippen molar-refractivity contribution < 1.29 is 4.74 Å². The number of hydrogen-bond donors (Lipinski definition) is 0. The molecule has 0 saturated heterocycles. The number of benzene rings is 2. The van der Waals surface area contributed by atoms with Crippen molar-refractivity contribution in [1.82, 2.24) is 0 Å². The van der Waals surface area contributed by atoms with Gasteiger partial charge in [-0.15, -0.1) is 11.3 Å². The number of methoxy groups -OCH3 is 1. The van der Waals surface area contributed by atoms with E-state index >= 15 is 0 Å². The molecular weight excluding hydrogens is 412 g/mol. The molecule has 0 N–H and O–H groups in total. The second-order valence-electron chi connectivity index (χ2n) is 4.94. The van der Waals surface area contributed by atoms with Crippen LogP contribution in [0.5, 0.6) is 5.75 Å². The molecule has 3 rings (SSSR count). The van der Waals surface area contributed by atoms with Crippen LogP contribution in [0.1, 0.15) is 20.8 Å². The summed E-state index contributed by atoms with van der Waals surface area (Å²) >= 11 is 9.20. The first-order valence-electron chi connectivity index (χ1n) is 6.56. The predicted molar refractivity (Wildman–Crippen MR) is 98.0 cm³/mol. The number of hydrogen-bond acceptors (Lipinski definition) is 2. The highest BCUT2D eigenvalue weighted by Crippen LogP contribution is 2.39. The quantitative estimate of drug-likeness (QED) is 0.437. The lowest BCUT2D eigenvalue weighted by Gasteiger charge is -2.10. The number of fused-ring (bicyclic) bond motifs is 1. The summed E-state index contributed by atoms with van der Waals surface area (Å²) in [6, 6.07) is 15.0. The number of ether oxygens (including phenoxy) is 1. The second kappa shape index (κ2) is 6.11. The maximum absolute atomic E-state index is 5.27. The Morgan fingerprint density at radius 2 is 1.76 bits per heavy atom. The smallest absolute Gasteiger partial charge is 0.119 e. The van der Waals surface area contributed by atoms with Crippen molar-refractivity contribution in [1.29, 1.82) is 0 Å². The van der Waals surface area contributed by atoms with Gasteiger partial charge >= 0.3 is 0 Å². The lowest BCUT2D eigenvalue weighted by molar-refractivity contribution is 0.415. The molecule has 0 spiro atoms. The minimum atomic E-state index is 0.221. The summed E-state index contributed by atoms with van der Waals surface area (Å²) in [4.78, 5) is 1.53. The lowest BCUT2D eigenvalue weighted by atomic mass is 10.0. The van der Waals surface area contributed by atoms with E-state index in [2.05, 4.69) is 75.2 Å². The standard InChI is InChI=1S/C17H14Br2OS/c1-10-7-15(21-17(10)19)16(18)13-4-3-12-9-14(20-2)6-5-11(12)8-13/h3-9,16H,1-2H3. The normalized spacial score (nSPS) is 12.6. The van der Waals surface area contributed by atoms with E-state index in [1.807, 2.05) is 6.07 Å². The summed E-state index contributed by atoms with van der Waals surface area (Å²) in [7, 11) is 1.70. The van der Waals surface area contributed by atoms with E-state index in [1.165, 1.54) is 30.6 Å². The van der Waals surface area contributed by atoms with Gasteiger partial charge in [0.25, 0.3) is 0 Å². The highest BCUT2D eigenvalue weighted by molar-refractivity contribution is 9.11. The van der Waals surface area contributed by atoms with Gasteiger partial charge in [0.2, 0.25) is 0 Å². The topological polar surface area (TPSA) is 9.23 Å². The summed E-state index contributed by atoms with van der Waals surface area (Å²) in [5.41, 5.74) is 2.55. The average molecular weight is 426 g/mol. The number of aryl methyl sites for hydroxylation is 1. The fraction of sp³-hybridized carbons (Fsp3) is 0.176. The van der Waals surface area contributed by atoms with E-state index in [4.69, 9.17) is 4.74 Å². The van der Waals surface area contributed by atoms with Crippen molar-refractivity contribution in [3.05, 3.63) is 62.3 Å². The summed E-state index contributed by atoms with van der Waals surface area (Å²) in [6.07, 6.45) is 0. The molecule has 21 heavy (non-hydrogen) atoms. The van der Waals surface area contributed by atoms with Gasteiger partial charge in [0.05, 0.1) is 15.7 Å². The van der Waals surface area contributed by atoms with E-state index in [0.29, 0.717) is 0 Å². The molecule has 0 aliphatic heterocycles. The van der Waals surface area contributed by atoms with Crippen LogP contribution < -0.4 is 4.74 Å². The predicted octanol–water partition coefficient (Wildman–Crippen LogP) is 6.47. The number of rotatable bonds is 3. The molecular formula is C17H14Br2OS. The van der Waals surface area contributed by atoms with Gasteiger partial charge in [-0.3, -0.25) is 0 Å². The van der Waals surface area contributed by atoms with Crippen molar-refractivity contribution in [2.24, 2.45) is 0 Å². The lowest BCUT2D eigenvalue weighted by Crippen LogP contribution is -1.90. The Labute approximate surface area is 145 Å². The maximum Gasteiger partial charge on any atom is 0.119 e. The SMILES string of the molecule is COc1ccc2cc(C(Br)c3cc(C)c(Br)s3)ccc2c1. The Morgan fingerprint density at radius 1 is 1.05 bits per heavy atom. The Kier molecular flexibility index (Phi) is 4.38. The molecule has 1 atom stereocenters. The molecule has 0 aliphatic rings. The molecule has 0 bridgehead atoms. The van der Waals surface area contributed by atoms with Crippen molar-refractivity contribution in [3.8, 4) is 5.75 Å². The van der Waals surface area contributed by atoms with Gasteiger partial charge in [-0.05, 0) is 69.0 Å². The molecule has 4 heteroatoms. The van der Waals surface area contributed by atoms with E-state index in [-0.39, 0.29) is 4.83 Å². The molecule has 0 fully saturated rings. The monoisotopic (exact) mass is 424 g/mol. The number of thiophene rings is 1. The van der Waals surface area contributed by atoms with Gasteiger partial charge in [0.15, 0.2) is 0 Å². The first kappa shape index (κ1) is 15.1. The fourth-order valence-corrected chi connectivity index (χ4v) is 4.57. The third-order valence-corrected chi connectivity index (χ3v) is 7.02. The summed E-state index contributed by atoms with van der Waals surface area (Å²) < 4.78 is 6.47. The van der Waals surface area contributed by atoms with Crippen LogP contribution in [0.25, 0.3) is 10.8 Å². The van der Waals surface area contributed by atoms with Crippen molar-refractivity contribution in [2.45, 2.75) is 11.8 Å². The second-order valence-corrected chi connectivity index (χ2v) is 8.26. The Morgan fingerprint density at radius 3 is 2.43 bits per heavy atom. The highest BCUT2D eigenvalue weighted by atomic mass is 79.9. The third kappa shape index (κ3) is 3.03. The van der Waals surface area contributed by atoms with Crippen molar-refractivity contribution in [2.75, 3.05) is 7.11 Å². The highest BCUT2D eigenvalue weighted by Gasteiger charge is 2.14. The molecule has 0 saturated carbocycles. The summed E-state index contributed by atoms with van der Waals surface area (Å²) in [5, 5.41) is 2.42. The average Bonchev–Trinajstić information content (AvgIpc) is 2.85. The largest absolute Gasteiger partial charge is 0.497 e. The van der Waals surface area contributed by atoms with E-state index in [9.17, 15) is 0 Å². The van der Waals surface area contributed by atoms with E-state index in [1.54, 1.807) is 18.4 Å². The Hall–Kier alpha value is -0.840. The van der Waals surface area contributed by atoms with Crippen molar-refractivity contribution >= 4 is 54.0 Å². The third-order valence-electron chi connectivity index (χ3n) is 3.49. The van der Waals surface area contributed by atoms with Gasteiger partial charge in [-0.2, -0.15) is 0 Å². The zero-order valence-electron chi connectivity index (χ0n) is 11.7. The minimum Gasteiger partial charge on any atom is -0.497 e. The van der Waals surface area contributed by atoms with E-state index in [0.717, 1.165) is 5.75 Å². The molecule has 0 aliphatic carbocycles. The van der Waals surface area contributed by atoms with Gasteiger partial charge in [0.1, 0.15) is 5.75 Å². The molecule has 1 aromatic heterocycles. The molecule has 108 valence electrons. The molecule has 1 nitrogen and oxygen atoms in total. The minimum absolute atomic E-state index is 0.221. The zero-order chi connectivity index (χ0) is 15.0. The van der Waals surface area contributed by atoms with Crippen LogP contribution in [0, 0.1) is 6.92 Å². The summed E-state index contributed by atoms with van der Waals surface area (Å²) in [5.74, 6) is 0.892. The maximum atomic E-state index is 5.27. The number of alkyl halides is 1. The van der Waals surface area contributed by atoms with Crippen LogP contribution in [-0.2, 0) is 0 Å². The van der Waals surface area contributed by atoms with Crippen LogP contribution in [0.4, 0.5) is 0 Å². The Balaban J connectivity index is 2.00. The van der Waals surface area contributed by atoms with Gasteiger partial charge in [-0.25, -0.2) is 0 Å². The Bertz CT molecular complexity index is 775. The number of halogens is 2. The van der Waals surface area contributed by atoms with Crippen LogP contribution in [0.2, 0.25) is 0 Å². The molecule has 1 heterocycles.